The fraction of sp³-hybridized carbons (Fsp3) is 0.0732. The topological polar surface area (TPSA) is 36.8 Å². The van der Waals surface area contributed by atoms with Crippen LogP contribution in [0.1, 0.15) is 41.3 Å². The van der Waals surface area contributed by atoms with E-state index in [1.165, 1.54) is 53.6 Å². The minimum Gasteiger partial charge on any atom is -0.324 e. The van der Waals surface area contributed by atoms with Gasteiger partial charge in [-0.2, -0.15) is 0 Å². The summed E-state index contributed by atoms with van der Waals surface area (Å²) in [4.78, 5) is 10.3. The third-order valence-electron chi connectivity index (χ3n) is 9.15. The van der Waals surface area contributed by atoms with E-state index in [0.29, 0.717) is 0 Å². The molecule has 1 aliphatic heterocycles. The summed E-state index contributed by atoms with van der Waals surface area (Å²) >= 11 is 1.88. The smallest absolute Gasteiger partial charge is 0.169 e. The summed E-state index contributed by atoms with van der Waals surface area (Å²) in [6, 6.07) is 43.0. The Morgan fingerprint density at radius 1 is 0.667 bits per heavy atom. The highest BCUT2D eigenvalue weighted by Gasteiger charge is 2.33. The van der Waals surface area contributed by atoms with E-state index in [0.717, 1.165) is 46.8 Å². The largest absolute Gasteiger partial charge is 0.324 e. The zero-order valence-corrected chi connectivity index (χ0v) is 25.4. The lowest BCUT2D eigenvalue weighted by Crippen LogP contribution is -2.37. The highest BCUT2D eigenvalue weighted by Crippen LogP contribution is 2.50. The number of fused-ring (bicyclic) bond motifs is 5. The van der Waals surface area contributed by atoms with Crippen LogP contribution in [0.4, 0.5) is 0 Å². The number of allylic oxidation sites excluding steroid dienone is 3. The summed E-state index contributed by atoms with van der Waals surface area (Å²) in [7, 11) is 0. The van der Waals surface area contributed by atoms with Crippen molar-refractivity contribution in [3.63, 3.8) is 0 Å². The van der Waals surface area contributed by atoms with Gasteiger partial charge in [0.05, 0.1) is 0 Å². The van der Waals surface area contributed by atoms with Gasteiger partial charge in [0.15, 0.2) is 6.17 Å². The predicted molar refractivity (Wildman–Crippen MR) is 191 cm³/mol. The minimum absolute atomic E-state index is 0.328. The second kappa shape index (κ2) is 10.4. The first kappa shape index (κ1) is 26.1. The number of hydrogen-bond donors (Lipinski definition) is 1. The van der Waals surface area contributed by atoms with Gasteiger partial charge in [-0.25, -0.2) is 9.98 Å². The molecule has 1 atom stereocenters. The predicted octanol–water partition coefficient (Wildman–Crippen LogP) is 10.4. The average molecular weight is 596 g/mol. The van der Waals surface area contributed by atoms with Crippen molar-refractivity contribution in [2.45, 2.75) is 19.0 Å². The van der Waals surface area contributed by atoms with E-state index in [-0.39, 0.29) is 6.17 Å². The lowest BCUT2D eigenvalue weighted by Gasteiger charge is -2.26. The molecule has 0 fully saturated rings. The maximum Gasteiger partial charge on any atom is 0.169 e. The molecule has 5 aromatic carbocycles. The molecule has 0 spiro atoms. The molecule has 1 unspecified atom stereocenters. The number of rotatable bonds is 4. The molecular weight excluding hydrogens is 567 g/mol. The van der Waals surface area contributed by atoms with Crippen LogP contribution in [0.3, 0.4) is 0 Å². The van der Waals surface area contributed by atoms with Crippen LogP contribution in [0.15, 0.2) is 155 Å². The molecule has 3 nitrogen and oxygen atoms in total. The van der Waals surface area contributed by atoms with Gasteiger partial charge in [-0.3, -0.25) is 0 Å². The van der Waals surface area contributed by atoms with E-state index >= 15 is 0 Å². The molecular formula is C41H29N3S. The Kier molecular flexibility index (Phi) is 6.03. The maximum atomic E-state index is 5.24. The first-order chi connectivity index (χ1) is 22.2. The summed E-state index contributed by atoms with van der Waals surface area (Å²) in [5.74, 6) is 1.70. The number of aliphatic imine (C=N–C) groups is 2. The van der Waals surface area contributed by atoms with E-state index in [1.54, 1.807) is 0 Å². The molecule has 0 radical (unpaired) electrons. The van der Waals surface area contributed by atoms with Crippen molar-refractivity contribution in [2.24, 2.45) is 9.98 Å². The van der Waals surface area contributed by atoms with Crippen LogP contribution in [0.2, 0.25) is 0 Å². The summed E-state index contributed by atoms with van der Waals surface area (Å²) in [5, 5.41) is 6.29. The van der Waals surface area contributed by atoms with Gasteiger partial charge in [0.1, 0.15) is 11.7 Å². The third kappa shape index (κ3) is 4.25. The zero-order chi connectivity index (χ0) is 29.9. The molecule has 0 bridgehead atoms. The Labute approximate surface area is 266 Å². The van der Waals surface area contributed by atoms with Crippen LogP contribution in [-0.4, -0.2) is 11.7 Å². The van der Waals surface area contributed by atoms with Crippen molar-refractivity contribution in [1.82, 2.24) is 5.32 Å². The number of benzene rings is 5. The molecule has 214 valence electrons. The normalized spacial score (nSPS) is 17.5. The molecule has 2 heterocycles. The van der Waals surface area contributed by atoms with Crippen LogP contribution in [0.25, 0.3) is 42.4 Å². The number of nitrogens with one attached hydrogen (secondary N) is 1. The van der Waals surface area contributed by atoms with Crippen LogP contribution in [0, 0.1) is 0 Å². The molecule has 0 amide bonds. The lowest BCUT2D eigenvalue weighted by molar-refractivity contribution is 0.755. The fourth-order valence-electron chi connectivity index (χ4n) is 7.00. The highest BCUT2D eigenvalue weighted by atomic mass is 32.1. The van der Waals surface area contributed by atoms with Crippen molar-refractivity contribution < 1.29 is 0 Å². The van der Waals surface area contributed by atoms with Gasteiger partial charge in [-0.15, -0.1) is 11.3 Å². The second-order valence-electron chi connectivity index (χ2n) is 11.8. The number of nitrogens with zero attached hydrogens (tertiary/aromatic N) is 2. The van der Waals surface area contributed by atoms with E-state index in [1.807, 2.05) is 23.5 Å². The van der Waals surface area contributed by atoms with Crippen molar-refractivity contribution in [2.75, 3.05) is 0 Å². The maximum absolute atomic E-state index is 5.24. The third-order valence-corrected chi connectivity index (χ3v) is 10.4. The van der Waals surface area contributed by atoms with Gasteiger partial charge in [0.25, 0.3) is 0 Å². The van der Waals surface area contributed by atoms with Crippen molar-refractivity contribution in [3.05, 3.63) is 167 Å². The minimum atomic E-state index is -0.328. The van der Waals surface area contributed by atoms with Crippen molar-refractivity contribution in [1.29, 1.82) is 0 Å². The van der Waals surface area contributed by atoms with Gasteiger partial charge >= 0.3 is 0 Å². The molecule has 1 aromatic heterocycles. The van der Waals surface area contributed by atoms with E-state index in [4.69, 9.17) is 9.98 Å². The van der Waals surface area contributed by atoms with Crippen LogP contribution in [0.5, 0.6) is 0 Å². The Hall–Kier alpha value is -5.32. The average Bonchev–Trinajstić information content (AvgIpc) is 3.63. The number of amidine groups is 2. The SMILES string of the molecule is C=C1C2=C(C(C3=NC(c4ccccc4)N=C(c4ccccc4)N3)=CCC2)c2cc(-c3cccc4c3sc3ccccc34)ccc21. The quantitative estimate of drug-likeness (QED) is 0.216. The summed E-state index contributed by atoms with van der Waals surface area (Å²) in [6.45, 7) is 4.60. The van der Waals surface area contributed by atoms with E-state index in [9.17, 15) is 0 Å². The second-order valence-corrected chi connectivity index (χ2v) is 12.8. The fourth-order valence-corrected chi connectivity index (χ4v) is 8.24. The Morgan fingerprint density at radius 3 is 2.29 bits per heavy atom. The molecule has 9 rings (SSSR count). The van der Waals surface area contributed by atoms with Crippen molar-refractivity contribution in [3.8, 4) is 11.1 Å². The van der Waals surface area contributed by atoms with E-state index in [2.05, 4.69) is 127 Å². The monoisotopic (exact) mass is 595 g/mol. The summed E-state index contributed by atoms with van der Waals surface area (Å²) in [5.41, 5.74) is 11.9. The molecule has 1 N–H and O–H groups in total. The van der Waals surface area contributed by atoms with Crippen LogP contribution >= 0.6 is 11.3 Å². The van der Waals surface area contributed by atoms with Gasteiger partial charge < -0.3 is 5.32 Å². The Bertz CT molecular complexity index is 2300. The summed E-state index contributed by atoms with van der Waals surface area (Å²) in [6.07, 6.45) is 3.94. The first-order valence-electron chi connectivity index (χ1n) is 15.4. The molecule has 45 heavy (non-hydrogen) atoms. The molecule has 2 aliphatic carbocycles. The van der Waals surface area contributed by atoms with Crippen LogP contribution < -0.4 is 5.32 Å². The van der Waals surface area contributed by atoms with Crippen molar-refractivity contribution >= 4 is 54.3 Å². The van der Waals surface area contributed by atoms with E-state index < -0.39 is 0 Å². The lowest BCUT2D eigenvalue weighted by atomic mass is 9.88. The molecule has 0 saturated heterocycles. The molecule has 6 aromatic rings. The van der Waals surface area contributed by atoms with Gasteiger partial charge in [-0.1, -0.05) is 122 Å². The molecule has 0 saturated carbocycles. The number of hydrogen-bond acceptors (Lipinski definition) is 4. The summed E-state index contributed by atoms with van der Waals surface area (Å²) < 4.78 is 2.65. The van der Waals surface area contributed by atoms with Gasteiger partial charge in [0, 0.05) is 31.3 Å². The number of thiophene rings is 1. The highest BCUT2D eigenvalue weighted by molar-refractivity contribution is 7.26. The van der Waals surface area contributed by atoms with Gasteiger partial charge in [0.2, 0.25) is 0 Å². The van der Waals surface area contributed by atoms with Crippen LogP contribution in [-0.2, 0) is 0 Å². The Balaban J connectivity index is 1.17. The van der Waals surface area contributed by atoms with Gasteiger partial charge in [-0.05, 0) is 69.5 Å². The zero-order valence-electron chi connectivity index (χ0n) is 24.6. The molecule has 3 aliphatic rings. The first-order valence-corrected chi connectivity index (χ1v) is 16.3. The standard InChI is InChI=1S/C41H29N3S/c1-25-29-23-22-28(31-18-11-19-33-32-16-8-9-21-36(32)45-38(31)33)24-35(29)37-30(25)17-10-20-34(37)41-43-39(26-12-4-2-5-13-26)42-40(44-41)27-14-6-3-7-15-27/h2-9,11-16,18-24,39H,1,10,17H2,(H,42,43,44). The molecule has 4 heteroatoms. The Morgan fingerprint density at radius 2 is 1.42 bits per heavy atom.